The van der Waals surface area contributed by atoms with Gasteiger partial charge in [-0.2, -0.15) is 5.10 Å². The summed E-state index contributed by atoms with van der Waals surface area (Å²) in [5.74, 6) is 1.60. The molecule has 0 aliphatic heterocycles. The summed E-state index contributed by atoms with van der Waals surface area (Å²) >= 11 is 0. The Morgan fingerprint density at radius 3 is 2.22 bits per heavy atom. The number of carbonyl (C=O) groups is 2. The standard InChI is InChI=1S/C28H44N4O4/c1-9-10-14-29-24(33)16-21(15-18(2)3)30-28(34)26-20(6)27(32(31-26)17-19(4)5)25-22(35-7)12-11-13-23(25)36-8/h11-13,18-19,21H,9-10,14-17H2,1-8H3,(H,29,33)(H,30,34)/t21-/m0/s1. The van der Waals surface area contributed by atoms with Crippen LogP contribution in [0.4, 0.5) is 0 Å². The number of hydrogen-bond acceptors (Lipinski definition) is 5. The summed E-state index contributed by atoms with van der Waals surface area (Å²) in [5, 5.41) is 10.8. The number of aromatic nitrogens is 2. The van der Waals surface area contributed by atoms with Crippen molar-refractivity contribution >= 4 is 11.8 Å². The molecule has 200 valence electrons. The van der Waals surface area contributed by atoms with Gasteiger partial charge in [-0.3, -0.25) is 14.3 Å². The van der Waals surface area contributed by atoms with Crippen LogP contribution in [0.1, 0.15) is 76.4 Å². The summed E-state index contributed by atoms with van der Waals surface area (Å²) in [4.78, 5) is 26.0. The van der Waals surface area contributed by atoms with Gasteiger partial charge in [0.2, 0.25) is 5.91 Å². The summed E-state index contributed by atoms with van der Waals surface area (Å²) in [7, 11) is 3.24. The molecule has 1 atom stereocenters. The zero-order valence-corrected chi connectivity index (χ0v) is 23.2. The molecule has 2 rings (SSSR count). The zero-order chi connectivity index (χ0) is 26.8. The SMILES string of the molecule is CCCCNC(=O)C[C@H](CC(C)C)NC(=O)c1nn(CC(C)C)c(-c2c(OC)cccc2OC)c1C. The monoisotopic (exact) mass is 500 g/mol. The van der Waals surface area contributed by atoms with E-state index >= 15 is 0 Å². The van der Waals surface area contributed by atoms with E-state index in [1.807, 2.05) is 29.8 Å². The quantitative estimate of drug-likeness (QED) is 0.357. The maximum absolute atomic E-state index is 13.5. The van der Waals surface area contributed by atoms with Gasteiger partial charge in [0.25, 0.3) is 5.91 Å². The Morgan fingerprint density at radius 2 is 1.69 bits per heavy atom. The molecule has 0 radical (unpaired) electrons. The summed E-state index contributed by atoms with van der Waals surface area (Å²) in [5.41, 5.74) is 2.65. The average molecular weight is 501 g/mol. The first-order chi connectivity index (χ1) is 17.1. The number of benzene rings is 1. The van der Waals surface area contributed by atoms with Crippen LogP contribution >= 0.6 is 0 Å². The molecule has 1 heterocycles. The van der Waals surface area contributed by atoms with Crippen molar-refractivity contribution in [3.05, 3.63) is 29.5 Å². The molecule has 0 saturated carbocycles. The van der Waals surface area contributed by atoms with Crippen LogP contribution in [0.3, 0.4) is 0 Å². The molecule has 2 amide bonds. The molecule has 0 fully saturated rings. The molecular weight excluding hydrogens is 456 g/mol. The van der Waals surface area contributed by atoms with E-state index in [9.17, 15) is 9.59 Å². The third kappa shape index (κ3) is 7.73. The second-order valence-electron chi connectivity index (χ2n) is 10.1. The van der Waals surface area contributed by atoms with E-state index in [0.29, 0.717) is 48.5 Å². The Labute approximate surface area is 216 Å². The van der Waals surface area contributed by atoms with E-state index in [1.165, 1.54) is 0 Å². The molecule has 0 unspecified atom stereocenters. The lowest BCUT2D eigenvalue weighted by Gasteiger charge is -2.20. The summed E-state index contributed by atoms with van der Waals surface area (Å²) in [6, 6.07) is 5.34. The number of nitrogens with zero attached hydrogens (tertiary/aromatic N) is 2. The number of nitrogens with one attached hydrogen (secondary N) is 2. The van der Waals surface area contributed by atoms with Gasteiger partial charge in [0.15, 0.2) is 5.69 Å². The highest BCUT2D eigenvalue weighted by atomic mass is 16.5. The molecule has 0 bridgehead atoms. The molecule has 0 spiro atoms. The van der Waals surface area contributed by atoms with Crippen LogP contribution in [0.5, 0.6) is 11.5 Å². The highest BCUT2D eigenvalue weighted by Gasteiger charge is 2.27. The number of hydrogen-bond donors (Lipinski definition) is 2. The van der Waals surface area contributed by atoms with E-state index in [2.05, 4.69) is 45.3 Å². The van der Waals surface area contributed by atoms with Crippen LogP contribution in [0.2, 0.25) is 0 Å². The first-order valence-electron chi connectivity index (χ1n) is 13.0. The van der Waals surface area contributed by atoms with E-state index in [-0.39, 0.29) is 24.3 Å². The lowest BCUT2D eigenvalue weighted by atomic mass is 10.00. The van der Waals surface area contributed by atoms with Crippen molar-refractivity contribution < 1.29 is 19.1 Å². The molecule has 0 aliphatic rings. The van der Waals surface area contributed by atoms with Gasteiger partial charge in [0, 0.05) is 31.1 Å². The molecule has 0 aliphatic carbocycles. The summed E-state index contributed by atoms with van der Waals surface area (Å²) < 4.78 is 13.2. The smallest absolute Gasteiger partial charge is 0.272 e. The first-order valence-corrected chi connectivity index (χ1v) is 13.0. The van der Waals surface area contributed by atoms with E-state index < -0.39 is 0 Å². The maximum atomic E-state index is 13.5. The van der Waals surface area contributed by atoms with Gasteiger partial charge in [-0.25, -0.2) is 0 Å². The number of rotatable bonds is 14. The fourth-order valence-corrected chi connectivity index (χ4v) is 4.36. The van der Waals surface area contributed by atoms with Gasteiger partial charge in [-0.15, -0.1) is 0 Å². The van der Waals surface area contributed by atoms with E-state index in [1.54, 1.807) is 14.2 Å². The fourth-order valence-electron chi connectivity index (χ4n) is 4.36. The van der Waals surface area contributed by atoms with Crippen molar-refractivity contribution in [2.24, 2.45) is 11.8 Å². The van der Waals surface area contributed by atoms with Gasteiger partial charge in [-0.1, -0.05) is 47.1 Å². The number of unbranched alkanes of at least 4 members (excludes halogenated alkanes) is 1. The van der Waals surface area contributed by atoms with Crippen molar-refractivity contribution in [1.82, 2.24) is 20.4 Å². The number of methoxy groups -OCH3 is 2. The normalized spacial score (nSPS) is 12.1. The minimum absolute atomic E-state index is 0.0455. The van der Waals surface area contributed by atoms with Gasteiger partial charge < -0.3 is 20.1 Å². The second kappa shape index (κ2) is 13.9. The fraction of sp³-hybridized carbons (Fsp3) is 0.607. The number of ether oxygens (including phenoxy) is 2. The van der Waals surface area contributed by atoms with Crippen LogP contribution in [0, 0.1) is 18.8 Å². The third-order valence-corrected chi connectivity index (χ3v) is 5.98. The van der Waals surface area contributed by atoms with Crippen molar-refractivity contribution in [2.75, 3.05) is 20.8 Å². The average Bonchev–Trinajstić information content (AvgIpc) is 3.12. The Bertz CT molecular complexity index is 991. The molecule has 1 aromatic heterocycles. The molecule has 1 aromatic carbocycles. The van der Waals surface area contributed by atoms with E-state index in [4.69, 9.17) is 14.6 Å². The van der Waals surface area contributed by atoms with Crippen molar-refractivity contribution in [2.45, 2.75) is 79.8 Å². The zero-order valence-electron chi connectivity index (χ0n) is 23.2. The molecule has 2 N–H and O–H groups in total. The third-order valence-electron chi connectivity index (χ3n) is 5.98. The number of amides is 2. The molecule has 8 heteroatoms. The molecule has 0 saturated heterocycles. The predicted molar refractivity (Wildman–Crippen MR) is 144 cm³/mol. The highest BCUT2D eigenvalue weighted by molar-refractivity contribution is 5.96. The predicted octanol–water partition coefficient (Wildman–Crippen LogP) is 4.98. The van der Waals surface area contributed by atoms with Crippen molar-refractivity contribution in [3.8, 4) is 22.8 Å². The van der Waals surface area contributed by atoms with Crippen LogP contribution < -0.4 is 20.1 Å². The highest BCUT2D eigenvalue weighted by Crippen LogP contribution is 2.40. The van der Waals surface area contributed by atoms with E-state index in [0.717, 1.165) is 29.7 Å². The van der Waals surface area contributed by atoms with Gasteiger partial charge >= 0.3 is 0 Å². The Kier molecular flexibility index (Phi) is 11.3. The van der Waals surface area contributed by atoms with Crippen LogP contribution in [-0.4, -0.2) is 48.4 Å². The Hall–Kier alpha value is -3.03. The van der Waals surface area contributed by atoms with Gasteiger partial charge in [-0.05, 0) is 43.7 Å². The second-order valence-corrected chi connectivity index (χ2v) is 10.1. The number of carbonyl (C=O) groups excluding carboxylic acids is 2. The molecule has 8 nitrogen and oxygen atoms in total. The van der Waals surface area contributed by atoms with Crippen LogP contribution in [0.15, 0.2) is 18.2 Å². The molecule has 36 heavy (non-hydrogen) atoms. The largest absolute Gasteiger partial charge is 0.496 e. The van der Waals surface area contributed by atoms with Crippen LogP contribution in [-0.2, 0) is 11.3 Å². The van der Waals surface area contributed by atoms with Crippen LogP contribution in [0.25, 0.3) is 11.3 Å². The van der Waals surface area contributed by atoms with Gasteiger partial charge in [0.05, 0.1) is 25.5 Å². The Morgan fingerprint density at radius 1 is 1.06 bits per heavy atom. The minimum Gasteiger partial charge on any atom is -0.496 e. The summed E-state index contributed by atoms with van der Waals surface area (Å²) in [6.45, 7) is 13.6. The summed E-state index contributed by atoms with van der Waals surface area (Å²) in [6.07, 6.45) is 2.90. The maximum Gasteiger partial charge on any atom is 0.272 e. The lowest BCUT2D eigenvalue weighted by molar-refractivity contribution is -0.121. The topological polar surface area (TPSA) is 94.5 Å². The first kappa shape index (κ1) is 29.2. The van der Waals surface area contributed by atoms with Crippen molar-refractivity contribution in [3.63, 3.8) is 0 Å². The molecular formula is C28H44N4O4. The Balaban J connectivity index is 2.44. The minimum atomic E-state index is -0.280. The van der Waals surface area contributed by atoms with Gasteiger partial charge in [0.1, 0.15) is 11.5 Å². The molecule has 2 aromatic rings. The lowest BCUT2D eigenvalue weighted by Crippen LogP contribution is -2.40. The van der Waals surface area contributed by atoms with Crippen molar-refractivity contribution in [1.29, 1.82) is 0 Å².